The number of aliphatic hydroxyl groups excluding tert-OH is 1. The number of hydrogen-bond acceptors (Lipinski definition) is 2. The molecule has 0 aliphatic carbocycles. The SMILES string of the molecule is OC(c1cc(F)ccc1F)c1ncccc1Cl. The molecule has 0 fully saturated rings. The number of rotatable bonds is 2. The van der Waals surface area contributed by atoms with Crippen LogP contribution in [0.25, 0.3) is 0 Å². The van der Waals surface area contributed by atoms with Crippen LogP contribution in [-0.2, 0) is 0 Å². The number of aliphatic hydroxyl groups is 1. The molecule has 0 radical (unpaired) electrons. The summed E-state index contributed by atoms with van der Waals surface area (Å²) in [6, 6.07) is 5.95. The molecule has 0 aliphatic heterocycles. The average Bonchev–Trinajstić information content (AvgIpc) is 2.32. The van der Waals surface area contributed by atoms with Crippen molar-refractivity contribution in [3.05, 3.63) is 64.4 Å². The molecule has 1 atom stereocenters. The molecule has 1 N–H and O–H groups in total. The maximum atomic E-state index is 13.4. The van der Waals surface area contributed by atoms with E-state index in [0.29, 0.717) is 0 Å². The fourth-order valence-corrected chi connectivity index (χ4v) is 1.70. The van der Waals surface area contributed by atoms with E-state index in [1.165, 1.54) is 12.3 Å². The normalized spacial score (nSPS) is 12.5. The van der Waals surface area contributed by atoms with E-state index in [2.05, 4.69) is 4.98 Å². The van der Waals surface area contributed by atoms with Gasteiger partial charge in [-0.1, -0.05) is 11.6 Å². The van der Waals surface area contributed by atoms with Crippen LogP contribution in [-0.4, -0.2) is 10.1 Å². The van der Waals surface area contributed by atoms with Gasteiger partial charge < -0.3 is 5.11 Å². The molecular weight excluding hydrogens is 248 g/mol. The predicted octanol–water partition coefficient (Wildman–Crippen LogP) is 3.09. The van der Waals surface area contributed by atoms with Gasteiger partial charge in [-0.3, -0.25) is 4.98 Å². The first-order chi connectivity index (χ1) is 8.09. The minimum atomic E-state index is -1.39. The molecule has 1 aromatic heterocycles. The molecule has 0 saturated carbocycles. The van der Waals surface area contributed by atoms with Crippen LogP contribution in [0.15, 0.2) is 36.5 Å². The lowest BCUT2D eigenvalue weighted by molar-refractivity contribution is 0.209. The topological polar surface area (TPSA) is 33.1 Å². The van der Waals surface area contributed by atoms with Crippen LogP contribution >= 0.6 is 11.6 Å². The van der Waals surface area contributed by atoms with Crippen molar-refractivity contribution < 1.29 is 13.9 Å². The summed E-state index contributed by atoms with van der Waals surface area (Å²) >= 11 is 5.82. The fourth-order valence-electron chi connectivity index (χ4n) is 1.47. The molecule has 2 rings (SSSR count). The van der Waals surface area contributed by atoms with E-state index in [9.17, 15) is 13.9 Å². The van der Waals surface area contributed by atoms with Crippen LogP contribution in [0.3, 0.4) is 0 Å². The molecule has 2 aromatic rings. The highest BCUT2D eigenvalue weighted by molar-refractivity contribution is 6.31. The van der Waals surface area contributed by atoms with Crippen molar-refractivity contribution in [2.24, 2.45) is 0 Å². The summed E-state index contributed by atoms with van der Waals surface area (Å²) in [4.78, 5) is 3.85. The molecule has 0 amide bonds. The Morgan fingerprint density at radius 2 is 2.00 bits per heavy atom. The van der Waals surface area contributed by atoms with E-state index in [1.807, 2.05) is 0 Å². The maximum Gasteiger partial charge on any atom is 0.129 e. The number of aromatic nitrogens is 1. The summed E-state index contributed by atoms with van der Waals surface area (Å²) in [5.41, 5.74) is -0.0933. The lowest BCUT2D eigenvalue weighted by Crippen LogP contribution is -2.06. The molecule has 5 heteroatoms. The Balaban J connectivity index is 2.47. The third-order valence-electron chi connectivity index (χ3n) is 2.30. The minimum absolute atomic E-state index is 0.0960. The van der Waals surface area contributed by atoms with Crippen molar-refractivity contribution in [2.75, 3.05) is 0 Å². The molecule has 0 aliphatic rings. The van der Waals surface area contributed by atoms with Crippen LogP contribution in [0.2, 0.25) is 5.02 Å². The van der Waals surface area contributed by atoms with Gasteiger partial charge in [-0.2, -0.15) is 0 Å². The van der Waals surface area contributed by atoms with Gasteiger partial charge in [0, 0.05) is 11.8 Å². The lowest BCUT2D eigenvalue weighted by atomic mass is 10.1. The average molecular weight is 256 g/mol. The molecule has 2 nitrogen and oxygen atoms in total. The molecule has 1 heterocycles. The molecule has 0 spiro atoms. The molecule has 0 bridgehead atoms. The maximum absolute atomic E-state index is 13.4. The van der Waals surface area contributed by atoms with E-state index < -0.39 is 17.7 Å². The Bertz CT molecular complexity index is 548. The van der Waals surface area contributed by atoms with Crippen LogP contribution in [0.1, 0.15) is 17.4 Å². The van der Waals surface area contributed by atoms with Gasteiger partial charge in [0.25, 0.3) is 0 Å². The Morgan fingerprint density at radius 1 is 1.24 bits per heavy atom. The van der Waals surface area contributed by atoms with Crippen molar-refractivity contribution >= 4 is 11.6 Å². The Labute approximate surface area is 102 Å². The van der Waals surface area contributed by atoms with Gasteiger partial charge in [-0.15, -0.1) is 0 Å². The number of hydrogen-bond donors (Lipinski definition) is 1. The summed E-state index contributed by atoms with van der Waals surface area (Å²) in [6.07, 6.45) is 0.0288. The fraction of sp³-hybridized carbons (Fsp3) is 0.0833. The number of halogens is 3. The zero-order valence-corrected chi connectivity index (χ0v) is 9.33. The Kier molecular flexibility index (Phi) is 3.36. The van der Waals surface area contributed by atoms with Crippen LogP contribution < -0.4 is 0 Å². The van der Waals surface area contributed by atoms with E-state index >= 15 is 0 Å². The Morgan fingerprint density at radius 3 is 2.71 bits per heavy atom. The molecule has 17 heavy (non-hydrogen) atoms. The predicted molar refractivity (Wildman–Crippen MR) is 59.7 cm³/mol. The third-order valence-corrected chi connectivity index (χ3v) is 2.62. The van der Waals surface area contributed by atoms with Crippen LogP contribution in [0.4, 0.5) is 8.78 Å². The largest absolute Gasteiger partial charge is 0.382 e. The van der Waals surface area contributed by atoms with Crippen LogP contribution in [0.5, 0.6) is 0 Å². The van der Waals surface area contributed by atoms with E-state index in [4.69, 9.17) is 11.6 Å². The molecule has 0 saturated heterocycles. The Hall–Kier alpha value is -1.52. The van der Waals surface area contributed by atoms with Gasteiger partial charge in [-0.25, -0.2) is 8.78 Å². The van der Waals surface area contributed by atoms with E-state index in [1.54, 1.807) is 6.07 Å². The van der Waals surface area contributed by atoms with Gasteiger partial charge in [0.2, 0.25) is 0 Å². The number of nitrogens with zero attached hydrogens (tertiary/aromatic N) is 1. The quantitative estimate of drug-likeness (QED) is 0.895. The lowest BCUT2D eigenvalue weighted by Gasteiger charge is -2.12. The summed E-state index contributed by atoms with van der Waals surface area (Å²) in [5.74, 6) is -1.34. The summed E-state index contributed by atoms with van der Waals surface area (Å²) in [5, 5.41) is 10.1. The zero-order chi connectivity index (χ0) is 12.4. The summed E-state index contributed by atoms with van der Waals surface area (Å²) in [6.45, 7) is 0. The van der Waals surface area contributed by atoms with Crippen molar-refractivity contribution in [1.82, 2.24) is 4.98 Å². The van der Waals surface area contributed by atoms with Crippen molar-refractivity contribution in [2.45, 2.75) is 6.10 Å². The summed E-state index contributed by atoms with van der Waals surface area (Å²) in [7, 11) is 0. The monoisotopic (exact) mass is 255 g/mol. The molecular formula is C12H8ClF2NO. The van der Waals surface area contributed by atoms with E-state index in [-0.39, 0.29) is 16.3 Å². The van der Waals surface area contributed by atoms with Gasteiger partial charge in [0.1, 0.15) is 17.7 Å². The zero-order valence-electron chi connectivity index (χ0n) is 8.57. The first-order valence-corrected chi connectivity index (χ1v) is 5.21. The van der Waals surface area contributed by atoms with E-state index in [0.717, 1.165) is 18.2 Å². The number of pyridine rings is 1. The highest BCUT2D eigenvalue weighted by Crippen LogP contribution is 2.28. The van der Waals surface area contributed by atoms with Crippen molar-refractivity contribution in [3.8, 4) is 0 Å². The first-order valence-electron chi connectivity index (χ1n) is 4.83. The first kappa shape index (κ1) is 12.0. The second kappa shape index (κ2) is 4.77. The second-order valence-electron chi connectivity index (χ2n) is 3.44. The van der Waals surface area contributed by atoms with Gasteiger partial charge in [0.15, 0.2) is 0 Å². The standard InChI is InChI=1S/C12H8ClF2NO/c13-9-2-1-5-16-11(9)12(17)8-6-7(14)3-4-10(8)15/h1-6,12,17H. The minimum Gasteiger partial charge on any atom is -0.382 e. The molecule has 88 valence electrons. The van der Waals surface area contributed by atoms with Crippen LogP contribution in [0, 0.1) is 11.6 Å². The molecule has 1 unspecified atom stereocenters. The number of benzene rings is 1. The van der Waals surface area contributed by atoms with Gasteiger partial charge in [-0.05, 0) is 30.3 Å². The van der Waals surface area contributed by atoms with Gasteiger partial charge >= 0.3 is 0 Å². The molecule has 1 aromatic carbocycles. The summed E-state index contributed by atoms with van der Waals surface area (Å²) < 4.78 is 26.4. The smallest absolute Gasteiger partial charge is 0.129 e. The highest BCUT2D eigenvalue weighted by Gasteiger charge is 2.19. The third kappa shape index (κ3) is 2.43. The second-order valence-corrected chi connectivity index (χ2v) is 3.85. The van der Waals surface area contributed by atoms with Gasteiger partial charge in [0.05, 0.1) is 10.7 Å². The van der Waals surface area contributed by atoms with Crippen molar-refractivity contribution in [1.29, 1.82) is 0 Å². The highest BCUT2D eigenvalue weighted by atomic mass is 35.5. The van der Waals surface area contributed by atoms with Crippen molar-refractivity contribution in [3.63, 3.8) is 0 Å².